The molecule has 174 valence electrons. The summed E-state index contributed by atoms with van der Waals surface area (Å²) in [4.78, 5) is 32.5. The zero-order valence-electron chi connectivity index (χ0n) is 18.9. The lowest BCUT2D eigenvalue weighted by Gasteiger charge is -2.34. The molecule has 2 aliphatic rings. The van der Waals surface area contributed by atoms with Crippen molar-refractivity contribution in [1.82, 2.24) is 24.8 Å². The average Bonchev–Trinajstić information content (AvgIpc) is 2.90. The van der Waals surface area contributed by atoms with Crippen molar-refractivity contribution in [1.29, 1.82) is 0 Å². The van der Waals surface area contributed by atoms with Crippen molar-refractivity contribution in [3.8, 4) is 12.3 Å². The molecule has 0 bridgehead atoms. The summed E-state index contributed by atoms with van der Waals surface area (Å²) < 4.78 is 5.36. The molecule has 2 N–H and O–H groups in total. The van der Waals surface area contributed by atoms with E-state index in [9.17, 15) is 4.79 Å². The van der Waals surface area contributed by atoms with E-state index in [0.717, 1.165) is 36.9 Å². The maximum Gasteiger partial charge on any atom is 0.225 e. The predicted molar refractivity (Wildman–Crippen MR) is 130 cm³/mol. The molecule has 5 rings (SSSR count). The summed E-state index contributed by atoms with van der Waals surface area (Å²) in [6.45, 7) is 2.68. The Kier molecular flexibility index (Phi) is 6.49. The summed E-state index contributed by atoms with van der Waals surface area (Å²) >= 11 is 0. The third-order valence-electron chi connectivity index (χ3n) is 6.40. The quantitative estimate of drug-likeness (QED) is 0.564. The Hall–Kier alpha value is -3.77. The van der Waals surface area contributed by atoms with E-state index in [0.29, 0.717) is 49.1 Å². The van der Waals surface area contributed by atoms with E-state index in [1.165, 1.54) is 6.33 Å². The van der Waals surface area contributed by atoms with Gasteiger partial charge in [-0.05, 0) is 43.9 Å². The molecule has 1 saturated carbocycles. The van der Waals surface area contributed by atoms with Crippen molar-refractivity contribution in [2.24, 2.45) is 5.92 Å². The average molecular weight is 458 g/mol. The molecule has 0 unspecified atom stereocenters. The SMILES string of the molecule is C#Cc1cccc(Nc2ncnc3cnc(N[C@H]4CC[C@H](C(=O)N5CCOCC5)CC4)nc23)c1. The first-order chi connectivity index (χ1) is 16.7. The summed E-state index contributed by atoms with van der Waals surface area (Å²) in [5, 5.41) is 6.73. The van der Waals surface area contributed by atoms with Crippen LogP contribution in [0.3, 0.4) is 0 Å². The van der Waals surface area contributed by atoms with Gasteiger partial charge < -0.3 is 20.3 Å². The van der Waals surface area contributed by atoms with E-state index in [-0.39, 0.29) is 17.9 Å². The van der Waals surface area contributed by atoms with Crippen molar-refractivity contribution in [3.05, 3.63) is 42.4 Å². The maximum atomic E-state index is 12.8. The standard InChI is InChI=1S/C25H27N7O2/c1-2-17-4-3-5-20(14-17)29-23-22-21(27-16-28-23)15-26-25(31-22)30-19-8-6-18(7-9-19)24(33)32-10-12-34-13-11-32/h1,3-5,14-16,18-19H,6-13H2,(H,26,30,31)(H,27,28,29)/t18-,19-. The summed E-state index contributed by atoms with van der Waals surface area (Å²) in [5.74, 6) is 4.12. The molecule has 34 heavy (non-hydrogen) atoms. The van der Waals surface area contributed by atoms with Crippen molar-refractivity contribution < 1.29 is 9.53 Å². The van der Waals surface area contributed by atoms with Crippen LogP contribution in [0.25, 0.3) is 11.0 Å². The molecule has 2 fully saturated rings. The fraction of sp³-hybridized carbons (Fsp3) is 0.400. The molecule has 3 aromatic rings. The first-order valence-corrected chi connectivity index (χ1v) is 11.6. The molecule has 1 aliphatic carbocycles. The number of anilines is 3. The zero-order chi connectivity index (χ0) is 23.3. The molecule has 0 spiro atoms. The van der Waals surface area contributed by atoms with Gasteiger partial charge in [-0.1, -0.05) is 12.0 Å². The van der Waals surface area contributed by atoms with Crippen LogP contribution in [0.15, 0.2) is 36.8 Å². The highest BCUT2D eigenvalue weighted by molar-refractivity contribution is 5.87. The number of nitrogens with one attached hydrogen (secondary N) is 2. The highest BCUT2D eigenvalue weighted by Crippen LogP contribution is 2.29. The van der Waals surface area contributed by atoms with Gasteiger partial charge in [0.2, 0.25) is 11.9 Å². The molecule has 2 aromatic heterocycles. The van der Waals surface area contributed by atoms with Gasteiger partial charge in [0.05, 0.1) is 19.4 Å². The number of morpholine rings is 1. The number of nitrogens with zero attached hydrogens (tertiary/aromatic N) is 5. The van der Waals surface area contributed by atoms with E-state index in [1.54, 1.807) is 6.20 Å². The van der Waals surface area contributed by atoms with Gasteiger partial charge in [-0.3, -0.25) is 4.79 Å². The Bertz CT molecular complexity index is 1210. The van der Waals surface area contributed by atoms with Crippen LogP contribution < -0.4 is 10.6 Å². The highest BCUT2D eigenvalue weighted by Gasteiger charge is 2.30. The minimum atomic E-state index is 0.0941. The topological polar surface area (TPSA) is 105 Å². The summed E-state index contributed by atoms with van der Waals surface area (Å²) in [6.07, 6.45) is 12.2. The van der Waals surface area contributed by atoms with Gasteiger partial charge in [-0.15, -0.1) is 6.42 Å². The van der Waals surface area contributed by atoms with Crippen LogP contribution in [0.1, 0.15) is 31.2 Å². The number of fused-ring (bicyclic) bond motifs is 1. The van der Waals surface area contributed by atoms with Gasteiger partial charge in [-0.25, -0.2) is 19.9 Å². The number of hydrogen-bond donors (Lipinski definition) is 2. The van der Waals surface area contributed by atoms with Crippen molar-refractivity contribution in [2.75, 3.05) is 36.9 Å². The van der Waals surface area contributed by atoms with Crippen LogP contribution in [0, 0.1) is 18.3 Å². The fourth-order valence-corrected chi connectivity index (χ4v) is 4.55. The van der Waals surface area contributed by atoms with Gasteiger partial charge >= 0.3 is 0 Å². The van der Waals surface area contributed by atoms with Crippen molar-refractivity contribution in [2.45, 2.75) is 31.7 Å². The smallest absolute Gasteiger partial charge is 0.225 e. The Labute approximate surface area is 198 Å². The molecule has 0 radical (unpaired) electrons. The molecule has 1 aliphatic heterocycles. The third-order valence-corrected chi connectivity index (χ3v) is 6.40. The van der Waals surface area contributed by atoms with Crippen molar-refractivity contribution >= 4 is 34.4 Å². The van der Waals surface area contributed by atoms with E-state index < -0.39 is 0 Å². The number of terminal acetylenes is 1. The summed E-state index contributed by atoms with van der Waals surface area (Å²) in [7, 11) is 0. The Balaban J connectivity index is 1.25. The van der Waals surface area contributed by atoms with E-state index in [1.807, 2.05) is 29.2 Å². The van der Waals surface area contributed by atoms with Gasteiger partial charge in [0.15, 0.2) is 5.82 Å². The van der Waals surface area contributed by atoms with E-state index in [4.69, 9.17) is 16.1 Å². The number of ether oxygens (including phenoxy) is 1. The van der Waals surface area contributed by atoms with Gasteiger partial charge in [0.1, 0.15) is 17.4 Å². The Morgan fingerprint density at radius 1 is 1.12 bits per heavy atom. The van der Waals surface area contributed by atoms with Crippen LogP contribution in [-0.4, -0.2) is 63.1 Å². The number of hydrogen-bond acceptors (Lipinski definition) is 8. The lowest BCUT2D eigenvalue weighted by Crippen LogP contribution is -2.45. The minimum Gasteiger partial charge on any atom is -0.378 e. The number of rotatable bonds is 5. The fourth-order valence-electron chi connectivity index (χ4n) is 4.55. The van der Waals surface area contributed by atoms with Gasteiger partial charge in [-0.2, -0.15) is 0 Å². The minimum absolute atomic E-state index is 0.0941. The normalized spacial score (nSPS) is 20.5. The lowest BCUT2D eigenvalue weighted by atomic mass is 9.85. The Morgan fingerprint density at radius 2 is 1.94 bits per heavy atom. The highest BCUT2D eigenvalue weighted by atomic mass is 16.5. The largest absolute Gasteiger partial charge is 0.378 e. The van der Waals surface area contributed by atoms with Crippen LogP contribution in [0.4, 0.5) is 17.5 Å². The second-order valence-corrected chi connectivity index (χ2v) is 8.63. The number of amides is 1. The van der Waals surface area contributed by atoms with Crippen LogP contribution in [-0.2, 0) is 9.53 Å². The molecule has 0 atom stereocenters. The monoisotopic (exact) mass is 457 g/mol. The second-order valence-electron chi connectivity index (χ2n) is 8.63. The molecular formula is C25H27N7O2. The van der Waals surface area contributed by atoms with Crippen LogP contribution >= 0.6 is 0 Å². The second kappa shape index (κ2) is 10.0. The van der Waals surface area contributed by atoms with Gasteiger partial charge in [0.25, 0.3) is 0 Å². The molecule has 1 amide bonds. The van der Waals surface area contributed by atoms with Gasteiger partial charge in [0, 0.05) is 36.3 Å². The van der Waals surface area contributed by atoms with E-state index >= 15 is 0 Å². The number of aromatic nitrogens is 4. The Morgan fingerprint density at radius 3 is 2.74 bits per heavy atom. The van der Waals surface area contributed by atoms with Crippen LogP contribution in [0.5, 0.6) is 0 Å². The number of benzene rings is 1. The first-order valence-electron chi connectivity index (χ1n) is 11.6. The molecule has 9 nitrogen and oxygen atoms in total. The molecule has 1 aromatic carbocycles. The summed E-state index contributed by atoms with van der Waals surface area (Å²) in [6, 6.07) is 7.79. The number of carbonyl (C=O) groups excluding carboxylic acids is 1. The molecule has 1 saturated heterocycles. The molecular weight excluding hydrogens is 430 g/mol. The van der Waals surface area contributed by atoms with E-state index in [2.05, 4.69) is 31.5 Å². The lowest BCUT2D eigenvalue weighted by molar-refractivity contribution is -0.140. The van der Waals surface area contributed by atoms with Crippen molar-refractivity contribution in [3.63, 3.8) is 0 Å². The van der Waals surface area contributed by atoms with Crippen LogP contribution in [0.2, 0.25) is 0 Å². The third kappa shape index (κ3) is 4.92. The summed E-state index contributed by atoms with van der Waals surface area (Å²) in [5.41, 5.74) is 2.88. The molecule has 3 heterocycles. The number of carbonyl (C=O) groups is 1. The molecule has 9 heteroatoms. The predicted octanol–water partition coefficient (Wildman–Crippen LogP) is 2.97. The first kappa shape index (κ1) is 22.0. The zero-order valence-corrected chi connectivity index (χ0v) is 18.9. The maximum absolute atomic E-state index is 12.8.